The maximum Gasteiger partial charge on any atom is 0.201 e. The largest absolute Gasteiger partial charge is 0.505 e. The highest BCUT2D eigenvalue weighted by Gasteiger charge is 2.30. The molecule has 0 fully saturated rings. The first-order valence-corrected chi connectivity index (χ1v) is 4.88. The zero-order valence-electron chi connectivity index (χ0n) is 6.72. The predicted octanol–water partition coefficient (Wildman–Crippen LogP) is 2.61. The van der Waals surface area contributed by atoms with Gasteiger partial charge < -0.3 is 14.9 Å². The molecule has 1 atom stereocenters. The molecule has 0 aliphatic carbocycles. The molecule has 3 nitrogen and oxygen atoms in total. The quantitative estimate of drug-likeness (QED) is 0.701. The van der Waals surface area contributed by atoms with Gasteiger partial charge in [-0.15, -0.1) is 0 Å². The Hall–Kier alpha value is -0.350. The molecule has 1 aliphatic heterocycles. The lowest BCUT2D eigenvalue weighted by Crippen LogP contribution is -2.10. The SMILES string of the molecule is Oc1c(Cl)c(Cl)c2c(c1Cl)CC(O)O2. The molecular formula is C8H5Cl3O3. The summed E-state index contributed by atoms with van der Waals surface area (Å²) >= 11 is 17.3. The highest BCUT2D eigenvalue weighted by molar-refractivity contribution is 6.46. The summed E-state index contributed by atoms with van der Waals surface area (Å²) in [6.07, 6.45) is -0.795. The molecule has 0 aromatic heterocycles. The minimum atomic E-state index is -0.988. The van der Waals surface area contributed by atoms with Gasteiger partial charge in [0.05, 0.1) is 5.02 Å². The van der Waals surface area contributed by atoms with E-state index in [0.29, 0.717) is 5.56 Å². The van der Waals surface area contributed by atoms with Crippen molar-refractivity contribution in [3.8, 4) is 11.5 Å². The standard InChI is InChI=1S/C8H5Cl3O3/c9-4-2-1-3(12)14-8(2)6(11)5(10)7(4)13/h3,12-13H,1H2. The summed E-state index contributed by atoms with van der Waals surface area (Å²) in [5, 5.41) is 18.7. The van der Waals surface area contributed by atoms with Gasteiger partial charge in [0, 0.05) is 12.0 Å². The fourth-order valence-electron chi connectivity index (χ4n) is 1.33. The molecule has 0 saturated carbocycles. The van der Waals surface area contributed by atoms with Gasteiger partial charge in [-0.25, -0.2) is 0 Å². The number of benzene rings is 1. The number of aliphatic hydroxyl groups is 1. The highest BCUT2D eigenvalue weighted by Crippen LogP contribution is 2.49. The third-order valence-corrected chi connectivity index (χ3v) is 3.21. The number of ether oxygens (including phenoxy) is 1. The molecule has 1 aromatic rings. The summed E-state index contributed by atoms with van der Waals surface area (Å²) < 4.78 is 5.00. The molecule has 76 valence electrons. The van der Waals surface area contributed by atoms with Crippen molar-refractivity contribution in [1.82, 2.24) is 0 Å². The van der Waals surface area contributed by atoms with Crippen molar-refractivity contribution in [2.75, 3.05) is 0 Å². The Kier molecular flexibility index (Phi) is 2.43. The second-order valence-corrected chi connectivity index (χ2v) is 4.01. The summed E-state index contributed by atoms with van der Waals surface area (Å²) in [5.74, 6) is -0.0400. The minimum absolute atomic E-state index is 0.0653. The second kappa shape index (κ2) is 3.35. The van der Waals surface area contributed by atoms with Crippen LogP contribution in [0.25, 0.3) is 0 Å². The Morgan fingerprint density at radius 2 is 1.79 bits per heavy atom. The molecule has 0 saturated heterocycles. The van der Waals surface area contributed by atoms with Crippen molar-refractivity contribution in [3.63, 3.8) is 0 Å². The molecule has 2 N–H and O–H groups in total. The number of halogens is 3. The first-order chi connectivity index (χ1) is 6.52. The van der Waals surface area contributed by atoms with Crippen molar-refractivity contribution in [3.05, 3.63) is 20.6 Å². The lowest BCUT2D eigenvalue weighted by Gasteiger charge is -2.08. The Morgan fingerprint density at radius 1 is 1.14 bits per heavy atom. The first-order valence-electron chi connectivity index (χ1n) is 3.75. The van der Waals surface area contributed by atoms with Crippen LogP contribution in [-0.4, -0.2) is 16.5 Å². The predicted molar refractivity (Wildman–Crippen MR) is 53.5 cm³/mol. The summed E-state index contributed by atoms with van der Waals surface area (Å²) in [7, 11) is 0. The third kappa shape index (κ3) is 1.32. The molecule has 1 unspecified atom stereocenters. The molecule has 0 bridgehead atoms. The van der Waals surface area contributed by atoms with Crippen LogP contribution in [0.4, 0.5) is 0 Å². The average molecular weight is 255 g/mol. The van der Waals surface area contributed by atoms with Crippen molar-refractivity contribution < 1.29 is 14.9 Å². The zero-order chi connectivity index (χ0) is 10.5. The number of phenolic OH excluding ortho intramolecular Hbond substituents is 1. The van der Waals surface area contributed by atoms with Crippen LogP contribution >= 0.6 is 34.8 Å². The van der Waals surface area contributed by atoms with Crippen molar-refractivity contribution >= 4 is 34.8 Å². The lowest BCUT2D eigenvalue weighted by atomic mass is 10.1. The molecule has 14 heavy (non-hydrogen) atoms. The molecule has 1 heterocycles. The third-order valence-electron chi connectivity index (χ3n) is 1.98. The van der Waals surface area contributed by atoms with Crippen molar-refractivity contribution in [1.29, 1.82) is 0 Å². The van der Waals surface area contributed by atoms with Gasteiger partial charge in [-0.3, -0.25) is 0 Å². The van der Waals surface area contributed by atoms with E-state index in [0.717, 1.165) is 0 Å². The van der Waals surface area contributed by atoms with E-state index in [1.807, 2.05) is 0 Å². The lowest BCUT2D eigenvalue weighted by molar-refractivity contribution is 0.00220. The van der Waals surface area contributed by atoms with E-state index < -0.39 is 6.29 Å². The van der Waals surface area contributed by atoms with Gasteiger partial charge in [-0.2, -0.15) is 0 Å². The van der Waals surface area contributed by atoms with Crippen LogP contribution in [0.3, 0.4) is 0 Å². The van der Waals surface area contributed by atoms with Gasteiger partial charge in [0.1, 0.15) is 15.8 Å². The Labute approximate surface area is 94.8 Å². The summed E-state index contributed by atoms with van der Waals surface area (Å²) in [4.78, 5) is 0. The zero-order valence-corrected chi connectivity index (χ0v) is 8.99. The van der Waals surface area contributed by atoms with Crippen LogP contribution < -0.4 is 4.74 Å². The van der Waals surface area contributed by atoms with Crippen LogP contribution in [0.5, 0.6) is 11.5 Å². The van der Waals surface area contributed by atoms with Gasteiger partial charge >= 0.3 is 0 Å². The van der Waals surface area contributed by atoms with Crippen LogP contribution in [0.2, 0.25) is 15.1 Å². The molecule has 2 rings (SSSR count). The fraction of sp³-hybridized carbons (Fsp3) is 0.250. The van der Waals surface area contributed by atoms with Gasteiger partial charge in [0.25, 0.3) is 0 Å². The first kappa shape index (κ1) is 10.2. The van der Waals surface area contributed by atoms with Gasteiger partial charge in [0.15, 0.2) is 5.75 Å². The number of aromatic hydroxyl groups is 1. The van der Waals surface area contributed by atoms with Crippen LogP contribution in [0.15, 0.2) is 0 Å². The van der Waals surface area contributed by atoms with Gasteiger partial charge in [-0.05, 0) is 0 Å². The highest BCUT2D eigenvalue weighted by atomic mass is 35.5. The summed E-state index contributed by atoms with van der Waals surface area (Å²) in [6, 6.07) is 0. The summed E-state index contributed by atoms with van der Waals surface area (Å²) in [5.41, 5.74) is 0.478. The van der Waals surface area contributed by atoms with Crippen LogP contribution in [-0.2, 0) is 6.42 Å². The number of hydrogen-bond acceptors (Lipinski definition) is 3. The molecule has 1 aromatic carbocycles. The molecular weight excluding hydrogens is 250 g/mol. The van der Waals surface area contributed by atoms with Crippen LogP contribution in [0.1, 0.15) is 5.56 Å². The topological polar surface area (TPSA) is 49.7 Å². The Morgan fingerprint density at radius 3 is 2.43 bits per heavy atom. The molecule has 6 heteroatoms. The maximum absolute atomic E-state index is 9.45. The molecule has 0 spiro atoms. The fourth-order valence-corrected chi connectivity index (χ4v) is 2.07. The van der Waals surface area contributed by atoms with Crippen molar-refractivity contribution in [2.45, 2.75) is 12.7 Å². The van der Waals surface area contributed by atoms with E-state index in [2.05, 4.69) is 0 Å². The second-order valence-electron chi connectivity index (χ2n) is 2.87. The number of fused-ring (bicyclic) bond motifs is 1. The number of aliphatic hydroxyl groups excluding tert-OH is 1. The van der Waals surface area contributed by atoms with Crippen molar-refractivity contribution in [2.24, 2.45) is 0 Å². The number of rotatable bonds is 0. The monoisotopic (exact) mass is 254 g/mol. The smallest absolute Gasteiger partial charge is 0.201 e. The van der Waals surface area contributed by atoms with E-state index in [4.69, 9.17) is 39.5 Å². The van der Waals surface area contributed by atoms with E-state index in [1.54, 1.807) is 0 Å². The summed E-state index contributed by atoms with van der Waals surface area (Å²) in [6.45, 7) is 0. The van der Waals surface area contributed by atoms with Gasteiger partial charge in [-0.1, -0.05) is 34.8 Å². The molecule has 0 radical (unpaired) electrons. The Balaban J connectivity index is 2.70. The minimum Gasteiger partial charge on any atom is -0.505 e. The average Bonchev–Trinajstić information content (AvgIpc) is 2.54. The van der Waals surface area contributed by atoms with Crippen LogP contribution in [0, 0.1) is 0 Å². The Bertz CT molecular complexity index is 369. The van der Waals surface area contributed by atoms with E-state index in [-0.39, 0.29) is 33.0 Å². The molecule has 1 aliphatic rings. The number of hydrogen-bond donors (Lipinski definition) is 2. The molecule has 0 amide bonds. The normalized spacial score (nSPS) is 19.3. The maximum atomic E-state index is 9.45. The number of phenols is 1. The van der Waals surface area contributed by atoms with E-state index >= 15 is 0 Å². The van der Waals surface area contributed by atoms with Gasteiger partial charge in [0.2, 0.25) is 6.29 Å². The van der Waals surface area contributed by atoms with E-state index in [1.165, 1.54) is 0 Å². The van der Waals surface area contributed by atoms with E-state index in [9.17, 15) is 10.2 Å².